The average Bonchev–Trinajstić information content (AvgIpc) is 3.66. The molecule has 1 amide bonds. The van der Waals surface area contributed by atoms with Gasteiger partial charge in [0.1, 0.15) is 28.9 Å². The third kappa shape index (κ3) is 5.83. The summed E-state index contributed by atoms with van der Waals surface area (Å²) in [5.74, 6) is -0.300. The van der Waals surface area contributed by atoms with Gasteiger partial charge in [-0.1, -0.05) is 18.2 Å². The van der Waals surface area contributed by atoms with Gasteiger partial charge in [0.25, 0.3) is 5.88 Å². The molecule has 11 nitrogen and oxygen atoms in total. The number of hydrogen-bond acceptors (Lipinski definition) is 10. The van der Waals surface area contributed by atoms with E-state index in [4.69, 9.17) is 18.9 Å². The number of benzene rings is 1. The molecule has 5 heterocycles. The summed E-state index contributed by atoms with van der Waals surface area (Å²) >= 11 is -1.52. The van der Waals surface area contributed by atoms with E-state index in [9.17, 15) is 9.35 Å². The van der Waals surface area contributed by atoms with Gasteiger partial charge in [-0.2, -0.15) is 19.3 Å². The Morgan fingerprint density at radius 1 is 1.14 bits per heavy atom. The molecule has 3 saturated heterocycles. The number of rotatable bonds is 6. The van der Waals surface area contributed by atoms with Crippen LogP contribution in [0.3, 0.4) is 0 Å². The summed E-state index contributed by atoms with van der Waals surface area (Å²) < 4.78 is 52.4. The van der Waals surface area contributed by atoms with Crippen molar-refractivity contribution in [1.29, 1.82) is 0 Å². The average molecular weight is 614 g/mol. The Kier molecular flexibility index (Phi) is 8.09. The summed E-state index contributed by atoms with van der Waals surface area (Å²) in [6.07, 6.45) is 4.13. The summed E-state index contributed by atoms with van der Waals surface area (Å²) in [5.41, 5.74) is 0.535. The highest BCUT2D eigenvalue weighted by Gasteiger charge is 2.37. The number of likely N-dealkylation sites (tertiary alicyclic amines) is 1. The third-order valence-electron chi connectivity index (χ3n) is 7.85. The Labute approximate surface area is 252 Å². The molecule has 3 fully saturated rings. The lowest BCUT2D eigenvalue weighted by Gasteiger charge is -2.40. The summed E-state index contributed by atoms with van der Waals surface area (Å²) in [6, 6.07) is 5.30. The molecule has 0 N–H and O–H groups in total. The van der Waals surface area contributed by atoms with Crippen LogP contribution in [0.5, 0.6) is 11.6 Å². The first-order valence-corrected chi connectivity index (χ1v) is 16.1. The fourth-order valence-electron chi connectivity index (χ4n) is 5.66. The second-order valence-electron chi connectivity index (χ2n) is 12.0. The summed E-state index contributed by atoms with van der Waals surface area (Å²) in [7, 11) is 0. The highest BCUT2D eigenvalue weighted by molar-refractivity contribution is 7.90. The summed E-state index contributed by atoms with van der Waals surface area (Å²) in [6.45, 7) is 9.58. The van der Waals surface area contributed by atoms with Crippen LogP contribution in [-0.4, -0.2) is 74.7 Å². The molecule has 43 heavy (non-hydrogen) atoms. The molecule has 3 aliphatic rings. The van der Waals surface area contributed by atoms with E-state index in [2.05, 4.69) is 21.9 Å². The van der Waals surface area contributed by atoms with Crippen LogP contribution in [0.1, 0.15) is 70.4 Å². The van der Waals surface area contributed by atoms with E-state index in [-0.39, 0.29) is 28.6 Å². The van der Waals surface area contributed by atoms with Gasteiger partial charge >= 0.3 is 11.2 Å². The Morgan fingerprint density at radius 2 is 1.88 bits per heavy atom. The highest BCUT2D eigenvalue weighted by atomic mass is 32.2. The molecular weight excluding hydrogens is 577 g/mol. The molecule has 0 radical (unpaired) electrons. The van der Waals surface area contributed by atoms with E-state index in [0.717, 1.165) is 19.4 Å². The van der Waals surface area contributed by atoms with Gasteiger partial charge in [0.2, 0.25) is 5.82 Å². The van der Waals surface area contributed by atoms with Crippen LogP contribution in [0, 0.1) is 5.82 Å². The van der Waals surface area contributed by atoms with Crippen LogP contribution in [-0.2, 0) is 25.4 Å². The lowest BCUT2D eigenvalue weighted by Crippen LogP contribution is -2.46. The Balaban J connectivity index is 1.48. The highest BCUT2D eigenvalue weighted by Crippen LogP contribution is 2.45. The first-order valence-electron chi connectivity index (χ1n) is 14.5. The first kappa shape index (κ1) is 29.8. The van der Waals surface area contributed by atoms with Crippen LogP contribution in [0.25, 0.3) is 10.9 Å². The minimum absolute atomic E-state index is 0.0129. The Hall–Kier alpha value is -3.26. The molecule has 0 spiro atoms. The normalized spacial score (nSPS) is 21.7. The minimum atomic E-state index is -1.52. The van der Waals surface area contributed by atoms with Crippen molar-refractivity contribution in [1.82, 2.24) is 19.9 Å². The number of carbonyl (C=O) groups excluding carboxylic acids is 1. The molecule has 2 unspecified atom stereocenters. The molecule has 230 valence electrons. The van der Waals surface area contributed by atoms with Crippen molar-refractivity contribution < 1.29 is 32.7 Å². The molecule has 0 aliphatic carbocycles. The van der Waals surface area contributed by atoms with Crippen molar-refractivity contribution in [2.24, 2.45) is 0 Å². The van der Waals surface area contributed by atoms with Gasteiger partial charge in [-0.3, -0.25) is 0 Å². The van der Waals surface area contributed by atoms with E-state index in [1.54, 1.807) is 11.0 Å². The monoisotopic (exact) mass is 613 g/mol. The van der Waals surface area contributed by atoms with Gasteiger partial charge in [0.15, 0.2) is 6.29 Å². The minimum Gasteiger partial charge on any atom is -0.609 e. The van der Waals surface area contributed by atoms with Crippen molar-refractivity contribution in [2.75, 3.05) is 37.5 Å². The van der Waals surface area contributed by atoms with Gasteiger partial charge in [0.05, 0.1) is 30.2 Å². The zero-order valence-corrected chi connectivity index (χ0v) is 25.8. The lowest BCUT2D eigenvalue weighted by molar-refractivity contribution is -0.0454. The molecular formula is C30H36FN5O6S. The fourth-order valence-corrected chi connectivity index (χ4v) is 6.08. The third-order valence-corrected chi connectivity index (χ3v) is 8.56. The van der Waals surface area contributed by atoms with Gasteiger partial charge in [-0.25, -0.2) is 4.79 Å². The maximum absolute atomic E-state index is 16.3. The van der Waals surface area contributed by atoms with E-state index < -0.39 is 35.0 Å². The van der Waals surface area contributed by atoms with Crippen LogP contribution >= 0.6 is 0 Å². The molecule has 1 aromatic carbocycles. The number of para-hydroxylation sites is 1. The predicted octanol–water partition coefficient (Wildman–Crippen LogP) is 5.41. The molecule has 3 atom stereocenters. The fraction of sp³-hybridized carbons (Fsp3) is 0.533. The van der Waals surface area contributed by atoms with Crippen LogP contribution < -0.4 is 9.64 Å². The maximum atomic E-state index is 16.3. The molecule has 2 aromatic heterocycles. The molecule has 3 aromatic rings. The number of halogens is 1. The number of aromatic nitrogens is 3. The van der Waals surface area contributed by atoms with Gasteiger partial charge in [-0.15, -0.1) is 0 Å². The number of fused-ring (bicyclic) bond motifs is 1. The van der Waals surface area contributed by atoms with Crippen LogP contribution in [0.15, 0.2) is 29.6 Å². The van der Waals surface area contributed by atoms with Gasteiger partial charge in [-0.05, 0) is 47.0 Å². The van der Waals surface area contributed by atoms with Crippen molar-refractivity contribution >= 4 is 34.0 Å². The quantitative estimate of drug-likeness (QED) is 0.263. The molecule has 0 bridgehead atoms. The van der Waals surface area contributed by atoms with Crippen molar-refractivity contribution in [3.05, 3.63) is 41.3 Å². The van der Waals surface area contributed by atoms with Gasteiger partial charge < -0.3 is 33.3 Å². The SMILES string of the molecule is C[C@H]1CCN1c1nc(Oc2c(C3OCCO3)cccc2C2CCCN2C(=O)OC(C)(C)C)c(F)c2nc([S+](C)[O-])ncc12. The molecule has 0 saturated carbocycles. The molecule has 3 aliphatic heterocycles. The standard InChI is InChI=1S/C30H36FN5O6S/c1-17-11-13-35(17)25-20-16-32-28(43(5)38)33-23(20)22(31)26(34-25)41-24-18(8-6-9-19(24)27-39-14-15-40-27)21-10-7-12-36(21)29(37)42-30(2,3)4/h6,8-9,16-17,21,27H,7,10-15H2,1-5H3/t17-,21?,43?/m0/s1. The van der Waals surface area contributed by atoms with Gasteiger partial charge in [0, 0.05) is 42.1 Å². The van der Waals surface area contributed by atoms with E-state index in [1.807, 2.05) is 37.8 Å². The van der Waals surface area contributed by atoms with E-state index in [0.29, 0.717) is 54.3 Å². The number of anilines is 1. The number of pyridine rings is 1. The number of ether oxygens (including phenoxy) is 4. The molecule has 6 rings (SSSR count). The number of hydrogen-bond donors (Lipinski definition) is 0. The zero-order valence-electron chi connectivity index (χ0n) is 25.0. The topological polar surface area (TPSA) is 122 Å². The number of carbonyl (C=O) groups is 1. The largest absolute Gasteiger partial charge is 0.609 e. The van der Waals surface area contributed by atoms with E-state index >= 15 is 4.39 Å². The first-order chi connectivity index (χ1) is 20.5. The summed E-state index contributed by atoms with van der Waals surface area (Å²) in [4.78, 5) is 30.1. The van der Waals surface area contributed by atoms with Crippen molar-refractivity contribution in [3.63, 3.8) is 0 Å². The Bertz CT molecular complexity index is 1530. The van der Waals surface area contributed by atoms with Crippen molar-refractivity contribution in [3.8, 4) is 11.6 Å². The maximum Gasteiger partial charge on any atom is 0.410 e. The number of amides is 1. The lowest BCUT2D eigenvalue weighted by atomic mass is 9.99. The number of nitrogens with zero attached hydrogens (tertiary/aromatic N) is 5. The smallest absolute Gasteiger partial charge is 0.410 e. The van der Waals surface area contributed by atoms with E-state index in [1.165, 1.54) is 12.5 Å². The Morgan fingerprint density at radius 3 is 2.53 bits per heavy atom. The second kappa shape index (κ2) is 11.7. The summed E-state index contributed by atoms with van der Waals surface area (Å²) in [5, 5.41) is 0.424. The van der Waals surface area contributed by atoms with Crippen LogP contribution in [0.4, 0.5) is 15.0 Å². The second-order valence-corrected chi connectivity index (χ2v) is 13.3. The zero-order chi connectivity index (χ0) is 30.5. The van der Waals surface area contributed by atoms with Crippen molar-refractivity contribution in [2.45, 2.75) is 76.1 Å². The van der Waals surface area contributed by atoms with Crippen LogP contribution in [0.2, 0.25) is 0 Å². The molecule has 13 heteroatoms. The predicted molar refractivity (Wildman–Crippen MR) is 157 cm³/mol.